The molecule has 0 radical (unpaired) electrons. The van der Waals surface area contributed by atoms with Crippen LogP contribution in [0, 0.1) is 11.8 Å². The maximum Gasteiger partial charge on any atom is 0.0249 e. The summed E-state index contributed by atoms with van der Waals surface area (Å²) < 4.78 is 0. The molecule has 0 bridgehead atoms. The van der Waals surface area contributed by atoms with E-state index < -0.39 is 0 Å². The summed E-state index contributed by atoms with van der Waals surface area (Å²) in [6.45, 7) is 4.47. The average Bonchev–Trinajstić information content (AvgIpc) is 2.76. The molecule has 3 aromatic rings. The third-order valence-corrected chi connectivity index (χ3v) is 5.12. The van der Waals surface area contributed by atoms with Gasteiger partial charge in [0.25, 0.3) is 0 Å². The quantitative estimate of drug-likeness (QED) is 0.381. The van der Waals surface area contributed by atoms with Crippen molar-refractivity contribution >= 4 is 0 Å². The first-order chi connectivity index (χ1) is 13.8. The molecule has 3 aromatic carbocycles. The molecular weight excluding hydrogens is 336 g/mol. The molecule has 0 amide bonds. The standard InChI is InChI=1S/C28H30/c1-3-5-7-23-9-11-25(12-10-23)13-14-26-17-21-28(22-18-26)27-19-15-24(16-20-27)8-6-4-2/h9-12,15-22H,3-8H2,1-2H3. The van der Waals surface area contributed by atoms with Crippen LogP contribution in [0.5, 0.6) is 0 Å². The summed E-state index contributed by atoms with van der Waals surface area (Å²) in [5, 5.41) is 0. The number of aryl methyl sites for hydroxylation is 2. The molecule has 0 saturated heterocycles. The van der Waals surface area contributed by atoms with E-state index in [-0.39, 0.29) is 0 Å². The molecule has 0 aliphatic carbocycles. The average molecular weight is 367 g/mol. The van der Waals surface area contributed by atoms with E-state index in [4.69, 9.17) is 0 Å². The highest BCUT2D eigenvalue weighted by Gasteiger charge is 1.99. The van der Waals surface area contributed by atoms with E-state index in [0.29, 0.717) is 0 Å². The number of rotatable bonds is 7. The second kappa shape index (κ2) is 10.5. The van der Waals surface area contributed by atoms with Gasteiger partial charge in [0.05, 0.1) is 0 Å². The fourth-order valence-electron chi connectivity index (χ4n) is 3.27. The maximum atomic E-state index is 3.28. The predicted octanol–water partition coefficient (Wildman–Crippen LogP) is 7.44. The summed E-state index contributed by atoms with van der Waals surface area (Å²) in [6, 6.07) is 26.2. The topological polar surface area (TPSA) is 0 Å². The van der Waals surface area contributed by atoms with Gasteiger partial charge in [-0.3, -0.25) is 0 Å². The van der Waals surface area contributed by atoms with Gasteiger partial charge in [-0.1, -0.05) is 87.1 Å². The second-order valence-electron chi connectivity index (χ2n) is 7.43. The van der Waals surface area contributed by atoms with Crippen LogP contribution in [0.3, 0.4) is 0 Å². The molecule has 0 aliphatic rings. The third kappa shape index (κ3) is 5.86. The minimum absolute atomic E-state index is 1.05. The van der Waals surface area contributed by atoms with E-state index in [9.17, 15) is 0 Å². The number of unbranched alkanes of at least 4 members (excludes halogenated alkanes) is 2. The van der Waals surface area contributed by atoms with Crippen molar-refractivity contribution in [2.75, 3.05) is 0 Å². The van der Waals surface area contributed by atoms with Crippen LogP contribution in [-0.4, -0.2) is 0 Å². The lowest BCUT2D eigenvalue weighted by atomic mass is 10.0. The number of benzene rings is 3. The first-order valence-corrected chi connectivity index (χ1v) is 10.6. The molecule has 142 valence electrons. The minimum atomic E-state index is 1.05. The van der Waals surface area contributed by atoms with Crippen LogP contribution in [-0.2, 0) is 12.8 Å². The molecular formula is C28H30. The monoisotopic (exact) mass is 366 g/mol. The zero-order chi connectivity index (χ0) is 19.6. The van der Waals surface area contributed by atoms with E-state index in [1.165, 1.54) is 54.4 Å². The van der Waals surface area contributed by atoms with Crippen LogP contribution in [0.2, 0.25) is 0 Å². The van der Waals surface area contributed by atoms with Gasteiger partial charge in [-0.15, -0.1) is 0 Å². The van der Waals surface area contributed by atoms with Crippen LogP contribution in [0.15, 0.2) is 72.8 Å². The molecule has 0 heterocycles. The van der Waals surface area contributed by atoms with Gasteiger partial charge in [0.1, 0.15) is 0 Å². The van der Waals surface area contributed by atoms with Gasteiger partial charge in [0.15, 0.2) is 0 Å². The highest BCUT2D eigenvalue weighted by atomic mass is 14.0. The van der Waals surface area contributed by atoms with Crippen molar-refractivity contribution in [2.45, 2.75) is 52.4 Å². The smallest absolute Gasteiger partial charge is 0.0249 e. The molecule has 0 fully saturated rings. The molecule has 0 atom stereocenters. The molecule has 0 aromatic heterocycles. The summed E-state index contributed by atoms with van der Waals surface area (Å²) in [7, 11) is 0. The van der Waals surface area contributed by atoms with Crippen molar-refractivity contribution in [3.63, 3.8) is 0 Å². The number of hydrogen-bond donors (Lipinski definition) is 0. The Bertz CT molecular complexity index is 901. The molecule has 0 spiro atoms. The van der Waals surface area contributed by atoms with Crippen molar-refractivity contribution in [3.05, 3.63) is 95.1 Å². The minimum Gasteiger partial charge on any atom is -0.0654 e. The zero-order valence-corrected chi connectivity index (χ0v) is 17.2. The molecule has 0 nitrogen and oxygen atoms in total. The normalized spacial score (nSPS) is 10.4. The molecule has 0 heteroatoms. The Hall–Kier alpha value is -2.78. The second-order valence-corrected chi connectivity index (χ2v) is 7.43. The van der Waals surface area contributed by atoms with Gasteiger partial charge in [0.2, 0.25) is 0 Å². The van der Waals surface area contributed by atoms with Crippen molar-refractivity contribution in [1.82, 2.24) is 0 Å². The predicted molar refractivity (Wildman–Crippen MR) is 122 cm³/mol. The van der Waals surface area contributed by atoms with Gasteiger partial charge < -0.3 is 0 Å². The lowest BCUT2D eigenvalue weighted by Crippen LogP contribution is -1.85. The van der Waals surface area contributed by atoms with Gasteiger partial charge in [-0.2, -0.15) is 0 Å². The van der Waals surface area contributed by atoms with Gasteiger partial charge in [-0.25, -0.2) is 0 Å². The molecule has 0 N–H and O–H groups in total. The highest BCUT2D eigenvalue weighted by Crippen LogP contribution is 2.21. The Morgan fingerprint density at radius 1 is 0.500 bits per heavy atom. The van der Waals surface area contributed by atoms with E-state index in [1.54, 1.807) is 0 Å². The fourth-order valence-corrected chi connectivity index (χ4v) is 3.27. The van der Waals surface area contributed by atoms with E-state index in [2.05, 4.69) is 98.5 Å². The first kappa shape index (κ1) is 20.0. The van der Waals surface area contributed by atoms with E-state index in [1.807, 2.05) is 0 Å². The molecule has 0 saturated carbocycles. The Morgan fingerprint density at radius 3 is 1.29 bits per heavy atom. The molecule has 0 unspecified atom stereocenters. The van der Waals surface area contributed by atoms with Crippen molar-refractivity contribution in [2.24, 2.45) is 0 Å². The molecule has 3 rings (SSSR count). The highest BCUT2D eigenvalue weighted by molar-refractivity contribution is 5.64. The van der Waals surface area contributed by atoms with Crippen molar-refractivity contribution in [3.8, 4) is 23.0 Å². The third-order valence-electron chi connectivity index (χ3n) is 5.12. The Morgan fingerprint density at radius 2 is 0.857 bits per heavy atom. The summed E-state index contributed by atoms with van der Waals surface area (Å²) in [6.07, 6.45) is 7.32. The number of hydrogen-bond acceptors (Lipinski definition) is 0. The van der Waals surface area contributed by atoms with Crippen LogP contribution in [0.25, 0.3) is 11.1 Å². The van der Waals surface area contributed by atoms with Gasteiger partial charge in [0, 0.05) is 11.1 Å². The van der Waals surface area contributed by atoms with Crippen LogP contribution < -0.4 is 0 Å². The van der Waals surface area contributed by atoms with Crippen molar-refractivity contribution < 1.29 is 0 Å². The fraction of sp³-hybridized carbons (Fsp3) is 0.286. The summed E-state index contributed by atoms with van der Waals surface area (Å²) >= 11 is 0. The van der Waals surface area contributed by atoms with E-state index >= 15 is 0 Å². The largest absolute Gasteiger partial charge is 0.0654 e. The Kier molecular flexibility index (Phi) is 7.51. The molecule has 0 aliphatic heterocycles. The lowest BCUT2D eigenvalue weighted by molar-refractivity contribution is 0.795. The van der Waals surface area contributed by atoms with Crippen LogP contribution in [0.4, 0.5) is 0 Å². The summed E-state index contributed by atoms with van der Waals surface area (Å²) in [4.78, 5) is 0. The Balaban J connectivity index is 1.64. The molecule has 28 heavy (non-hydrogen) atoms. The lowest BCUT2D eigenvalue weighted by Gasteiger charge is -2.04. The van der Waals surface area contributed by atoms with Crippen molar-refractivity contribution in [1.29, 1.82) is 0 Å². The van der Waals surface area contributed by atoms with Crippen LogP contribution >= 0.6 is 0 Å². The summed E-state index contributed by atoms with van der Waals surface area (Å²) in [5.41, 5.74) is 7.46. The maximum absolute atomic E-state index is 3.28. The van der Waals surface area contributed by atoms with E-state index in [0.717, 1.165) is 17.5 Å². The zero-order valence-electron chi connectivity index (χ0n) is 17.2. The SMILES string of the molecule is CCCCc1ccc(C#Cc2ccc(-c3ccc(CCCC)cc3)cc2)cc1. The van der Waals surface area contributed by atoms with Crippen LogP contribution in [0.1, 0.15) is 61.8 Å². The first-order valence-electron chi connectivity index (χ1n) is 10.6. The Labute approximate surface area is 170 Å². The van der Waals surface area contributed by atoms with Gasteiger partial charge >= 0.3 is 0 Å². The van der Waals surface area contributed by atoms with Gasteiger partial charge in [-0.05, 0) is 72.2 Å². The summed E-state index contributed by atoms with van der Waals surface area (Å²) in [5.74, 6) is 6.57.